The van der Waals surface area contributed by atoms with E-state index in [1.807, 2.05) is 24.3 Å². The zero-order chi connectivity index (χ0) is 20.3. The van der Waals surface area contributed by atoms with Gasteiger partial charge in [0, 0.05) is 23.9 Å². The van der Waals surface area contributed by atoms with Gasteiger partial charge in [0.2, 0.25) is 11.7 Å². The Morgan fingerprint density at radius 2 is 1.70 bits per heavy atom. The number of ketones is 1. The van der Waals surface area contributed by atoms with Crippen LogP contribution in [0.25, 0.3) is 11.0 Å². The summed E-state index contributed by atoms with van der Waals surface area (Å²) in [5.74, 6) is 1.77. The van der Waals surface area contributed by atoms with Gasteiger partial charge in [-0.25, -0.2) is 9.97 Å². The maximum atomic E-state index is 12.8. The van der Waals surface area contributed by atoms with Crippen LogP contribution in [0.1, 0.15) is 59.9 Å². The fourth-order valence-corrected chi connectivity index (χ4v) is 4.05. The molecule has 1 fully saturated rings. The van der Waals surface area contributed by atoms with Crippen molar-refractivity contribution in [3.63, 3.8) is 0 Å². The van der Waals surface area contributed by atoms with Gasteiger partial charge < -0.3 is 9.72 Å². The standard InChI is InChI=1S/C24H22N4O2/c29-22(23-27-19-8-4-5-9-20(19)28-23)17-10-12-18(13-11-17)30-24-21(25-14-15-26-24)16-6-2-1-3-7-16/h4-5,8-16H,1-3,6-7H2,(H,27,28). The highest BCUT2D eigenvalue weighted by atomic mass is 16.5. The Kier molecular flexibility index (Phi) is 4.97. The van der Waals surface area contributed by atoms with Crippen LogP contribution in [0, 0.1) is 0 Å². The summed E-state index contributed by atoms with van der Waals surface area (Å²) in [7, 11) is 0. The van der Waals surface area contributed by atoms with Crippen LogP contribution in [0.2, 0.25) is 0 Å². The Morgan fingerprint density at radius 3 is 2.50 bits per heavy atom. The van der Waals surface area contributed by atoms with Gasteiger partial charge in [0.15, 0.2) is 5.82 Å². The second kappa shape index (κ2) is 8.06. The number of H-pyrrole nitrogens is 1. The molecule has 0 spiro atoms. The van der Waals surface area contributed by atoms with Crippen molar-refractivity contribution in [1.29, 1.82) is 0 Å². The molecular weight excluding hydrogens is 376 g/mol. The van der Waals surface area contributed by atoms with Crippen LogP contribution in [0.5, 0.6) is 11.6 Å². The molecule has 1 N–H and O–H groups in total. The third kappa shape index (κ3) is 3.68. The van der Waals surface area contributed by atoms with Crippen molar-refractivity contribution in [2.45, 2.75) is 38.0 Å². The fourth-order valence-electron chi connectivity index (χ4n) is 4.05. The lowest BCUT2D eigenvalue weighted by molar-refractivity contribution is 0.103. The summed E-state index contributed by atoms with van der Waals surface area (Å²) < 4.78 is 6.04. The van der Waals surface area contributed by atoms with E-state index in [1.165, 1.54) is 19.3 Å². The van der Waals surface area contributed by atoms with Gasteiger partial charge in [-0.05, 0) is 49.2 Å². The van der Waals surface area contributed by atoms with Gasteiger partial charge >= 0.3 is 0 Å². The SMILES string of the molecule is O=C(c1ccc(Oc2nccnc2C2CCCCC2)cc1)c1nc2ccccc2[nH]1. The number of para-hydroxylation sites is 2. The maximum absolute atomic E-state index is 12.8. The molecule has 0 amide bonds. The molecule has 1 saturated carbocycles. The highest BCUT2D eigenvalue weighted by molar-refractivity contribution is 6.08. The Hall–Kier alpha value is -3.54. The number of carbonyl (C=O) groups excluding carboxylic acids is 1. The maximum Gasteiger partial charge on any atom is 0.241 e. The van der Waals surface area contributed by atoms with E-state index in [0.29, 0.717) is 28.9 Å². The first-order chi connectivity index (χ1) is 14.8. The minimum atomic E-state index is -0.153. The molecule has 0 aliphatic heterocycles. The van der Waals surface area contributed by atoms with Crippen LogP contribution in [0.15, 0.2) is 60.9 Å². The quantitative estimate of drug-likeness (QED) is 0.454. The largest absolute Gasteiger partial charge is 0.437 e. The number of fused-ring (bicyclic) bond motifs is 1. The van der Waals surface area contributed by atoms with Crippen LogP contribution < -0.4 is 4.74 Å². The first-order valence-corrected chi connectivity index (χ1v) is 10.4. The molecule has 30 heavy (non-hydrogen) atoms. The minimum Gasteiger partial charge on any atom is -0.437 e. The van der Waals surface area contributed by atoms with Crippen molar-refractivity contribution in [1.82, 2.24) is 19.9 Å². The molecule has 1 aliphatic rings. The first-order valence-electron chi connectivity index (χ1n) is 10.4. The summed E-state index contributed by atoms with van der Waals surface area (Å²) in [4.78, 5) is 29.2. The Bertz CT molecular complexity index is 1140. The number of hydrogen-bond acceptors (Lipinski definition) is 5. The Balaban J connectivity index is 1.35. The number of nitrogens with one attached hydrogen (secondary N) is 1. The molecule has 2 heterocycles. The van der Waals surface area contributed by atoms with Crippen LogP contribution in [0.4, 0.5) is 0 Å². The molecule has 0 radical (unpaired) electrons. The minimum absolute atomic E-state index is 0.153. The molecule has 0 atom stereocenters. The van der Waals surface area contributed by atoms with E-state index < -0.39 is 0 Å². The fraction of sp³-hybridized carbons (Fsp3) is 0.250. The van der Waals surface area contributed by atoms with Crippen molar-refractivity contribution < 1.29 is 9.53 Å². The molecule has 4 aromatic rings. The average molecular weight is 398 g/mol. The monoisotopic (exact) mass is 398 g/mol. The van der Waals surface area contributed by atoms with E-state index in [0.717, 1.165) is 29.6 Å². The lowest BCUT2D eigenvalue weighted by Gasteiger charge is -2.22. The predicted octanol–water partition coefficient (Wildman–Crippen LogP) is 5.42. The van der Waals surface area contributed by atoms with Crippen molar-refractivity contribution >= 4 is 16.8 Å². The summed E-state index contributed by atoms with van der Waals surface area (Å²) in [6.07, 6.45) is 9.36. The molecule has 6 heteroatoms. The average Bonchev–Trinajstić information content (AvgIpc) is 3.24. The number of benzene rings is 2. The molecule has 0 bridgehead atoms. The number of aromatic amines is 1. The highest BCUT2D eigenvalue weighted by Gasteiger charge is 2.22. The molecule has 1 aliphatic carbocycles. The normalized spacial score (nSPS) is 14.7. The molecule has 0 saturated heterocycles. The van der Waals surface area contributed by atoms with Crippen molar-refractivity contribution in [2.24, 2.45) is 0 Å². The number of hydrogen-bond donors (Lipinski definition) is 1. The van der Waals surface area contributed by atoms with E-state index in [-0.39, 0.29) is 5.78 Å². The summed E-state index contributed by atoms with van der Waals surface area (Å²) in [6, 6.07) is 14.7. The van der Waals surface area contributed by atoms with Crippen LogP contribution >= 0.6 is 0 Å². The van der Waals surface area contributed by atoms with Crippen molar-refractivity contribution in [3.8, 4) is 11.6 Å². The summed E-state index contributed by atoms with van der Waals surface area (Å²) in [6.45, 7) is 0. The van der Waals surface area contributed by atoms with Crippen molar-refractivity contribution in [3.05, 3.63) is 78.0 Å². The molecule has 6 nitrogen and oxygen atoms in total. The Morgan fingerprint density at radius 1 is 0.933 bits per heavy atom. The zero-order valence-electron chi connectivity index (χ0n) is 16.5. The number of carbonyl (C=O) groups is 1. The molecule has 0 unspecified atom stereocenters. The number of imidazole rings is 1. The summed E-state index contributed by atoms with van der Waals surface area (Å²) in [5, 5.41) is 0. The zero-order valence-corrected chi connectivity index (χ0v) is 16.5. The van der Waals surface area contributed by atoms with Crippen LogP contribution in [-0.2, 0) is 0 Å². The molecule has 2 aromatic heterocycles. The van der Waals surface area contributed by atoms with E-state index in [1.54, 1.807) is 36.7 Å². The predicted molar refractivity (Wildman–Crippen MR) is 114 cm³/mol. The van der Waals surface area contributed by atoms with Crippen LogP contribution in [-0.4, -0.2) is 25.7 Å². The van der Waals surface area contributed by atoms with Gasteiger partial charge in [0.25, 0.3) is 0 Å². The van der Waals surface area contributed by atoms with Crippen molar-refractivity contribution in [2.75, 3.05) is 0 Å². The number of aromatic nitrogens is 4. The number of ether oxygens (including phenoxy) is 1. The highest BCUT2D eigenvalue weighted by Crippen LogP contribution is 2.36. The van der Waals surface area contributed by atoms with Gasteiger partial charge in [-0.2, -0.15) is 0 Å². The second-order valence-corrected chi connectivity index (χ2v) is 7.64. The van der Waals surface area contributed by atoms with Gasteiger partial charge in [-0.1, -0.05) is 31.4 Å². The molecular formula is C24H22N4O2. The van der Waals surface area contributed by atoms with E-state index in [2.05, 4.69) is 19.9 Å². The van der Waals surface area contributed by atoms with Gasteiger partial charge in [-0.15, -0.1) is 0 Å². The molecule has 150 valence electrons. The Labute approximate surface area is 174 Å². The van der Waals surface area contributed by atoms with Crippen LogP contribution in [0.3, 0.4) is 0 Å². The lowest BCUT2D eigenvalue weighted by Crippen LogP contribution is -2.09. The van der Waals surface area contributed by atoms with E-state index in [9.17, 15) is 4.79 Å². The first kappa shape index (κ1) is 18.5. The molecule has 2 aromatic carbocycles. The number of nitrogens with zero attached hydrogens (tertiary/aromatic N) is 3. The number of rotatable bonds is 5. The third-order valence-corrected chi connectivity index (χ3v) is 5.62. The van der Waals surface area contributed by atoms with Gasteiger partial charge in [0.05, 0.1) is 11.0 Å². The molecule has 5 rings (SSSR count). The second-order valence-electron chi connectivity index (χ2n) is 7.64. The van der Waals surface area contributed by atoms with E-state index >= 15 is 0 Å². The van der Waals surface area contributed by atoms with E-state index in [4.69, 9.17) is 4.74 Å². The lowest BCUT2D eigenvalue weighted by atomic mass is 9.87. The topological polar surface area (TPSA) is 80.8 Å². The summed E-state index contributed by atoms with van der Waals surface area (Å²) in [5.41, 5.74) is 3.10. The van der Waals surface area contributed by atoms with Gasteiger partial charge in [-0.3, -0.25) is 9.78 Å². The summed E-state index contributed by atoms with van der Waals surface area (Å²) >= 11 is 0. The third-order valence-electron chi connectivity index (χ3n) is 5.62. The van der Waals surface area contributed by atoms with Gasteiger partial charge in [0.1, 0.15) is 11.4 Å². The smallest absolute Gasteiger partial charge is 0.241 e.